The molecule has 0 aliphatic heterocycles. The van der Waals surface area contributed by atoms with E-state index in [2.05, 4.69) is 27.0 Å². The lowest BCUT2D eigenvalue weighted by atomic mass is 9.77. The average molecular weight is 523 g/mol. The Balaban J connectivity index is 0.000000554. The first-order valence-corrected chi connectivity index (χ1v) is 12.7. The molecule has 1 atom stereocenters. The van der Waals surface area contributed by atoms with Crippen LogP contribution in [-0.4, -0.2) is 45.4 Å². The minimum atomic E-state index is -0.981. The highest BCUT2D eigenvalue weighted by Crippen LogP contribution is 2.33. The lowest BCUT2D eigenvalue weighted by Gasteiger charge is -2.25. The number of carboxylic acids is 2. The fourth-order valence-corrected chi connectivity index (χ4v) is 4.12. The number of hydrogen-bond donors (Lipinski definition) is 3. The van der Waals surface area contributed by atoms with Crippen LogP contribution in [0, 0.1) is 5.92 Å². The second kappa shape index (κ2) is 16.1. The Kier molecular flexibility index (Phi) is 13.6. The van der Waals surface area contributed by atoms with Crippen LogP contribution in [0.15, 0.2) is 61.2 Å². The molecule has 0 radical (unpaired) electrons. The van der Waals surface area contributed by atoms with Crippen LogP contribution in [0.3, 0.4) is 0 Å². The van der Waals surface area contributed by atoms with Gasteiger partial charge in [0.05, 0.1) is 0 Å². The fourth-order valence-electron chi connectivity index (χ4n) is 4.12. The molecule has 1 aliphatic carbocycles. The van der Waals surface area contributed by atoms with Crippen molar-refractivity contribution in [1.82, 2.24) is 0 Å². The zero-order valence-electron chi connectivity index (χ0n) is 22.5. The number of hydrogen-bond acceptors (Lipinski definition) is 5. The largest absolute Gasteiger partial charge is 0.478 e. The van der Waals surface area contributed by atoms with Gasteiger partial charge in [-0.3, -0.25) is 9.59 Å². The quantitative estimate of drug-likeness (QED) is 0.293. The summed E-state index contributed by atoms with van der Waals surface area (Å²) in [5.74, 6) is -1.56. The van der Waals surface area contributed by atoms with E-state index in [-0.39, 0.29) is 23.7 Å². The van der Waals surface area contributed by atoms with Crippen LogP contribution in [0.4, 0.5) is 0 Å². The summed E-state index contributed by atoms with van der Waals surface area (Å²) < 4.78 is 0. The van der Waals surface area contributed by atoms with E-state index < -0.39 is 11.9 Å². The molecular weight excluding hydrogens is 484 g/mol. The number of aliphatic carboxylic acids is 2. The lowest BCUT2D eigenvalue weighted by molar-refractivity contribution is -0.133. The van der Waals surface area contributed by atoms with E-state index in [4.69, 9.17) is 10.2 Å². The summed E-state index contributed by atoms with van der Waals surface area (Å²) in [5.41, 5.74) is 4.22. The van der Waals surface area contributed by atoms with Gasteiger partial charge in [0.25, 0.3) is 0 Å². The van der Waals surface area contributed by atoms with Gasteiger partial charge in [-0.05, 0) is 42.9 Å². The number of aliphatic hydroxyl groups is 1. The standard InChI is InChI=1S/C24H28O3.C4H6O2.C3H4O2/c1-3-5-8-16(4-2)15-21-17(13-14-25)11-12-20-22(21)24(27)19-10-7-6-9-18(19)23(20)26;1-3(2)4(5)6;1-2-3(4)5/h6-7,9-12,16,25H,3-5,8,13-15H2,1-2H3;1H2,2H3,(H,5,6);2H,1H2,(H,4,5). The van der Waals surface area contributed by atoms with E-state index >= 15 is 0 Å². The smallest absolute Gasteiger partial charge is 0.330 e. The number of benzene rings is 2. The van der Waals surface area contributed by atoms with Crippen molar-refractivity contribution in [1.29, 1.82) is 0 Å². The first kappa shape index (κ1) is 32.2. The number of aliphatic hydroxyl groups excluding tert-OH is 1. The van der Waals surface area contributed by atoms with Gasteiger partial charge >= 0.3 is 11.9 Å². The Morgan fingerprint density at radius 2 is 1.53 bits per heavy atom. The highest BCUT2D eigenvalue weighted by molar-refractivity contribution is 6.29. The molecule has 2 aromatic rings. The number of carbonyl (C=O) groups excluding carboxylic acids is 2. The molecule has 0 saturated heterocycles. The summed E-state index contributed by atoms with van der Waals surface area (Å²) in [7, 11) is 0. The van der Waals surface area contributed by atoms with Crippen molar-refractivity contribution in [3.63, 3.8) is 0 Å². The van der Waals surface area contributed by atoms with Crippen molar-refractivity contribution in [2.45, 2.75) is 59.3 Å². The van der Waals surface area contributed by atoms with Gasteiger partial charge in [-0.15, -0.1) is 0 Å². The van der Waals surface area contributed by atoms with E-state index in [1.807, 2.05) is 12.1 Å². The van der Waals surface area contributed by atoms with Gasteiger partial charge in [-0.25, -0.2) is 9.59 Å². The summed E-state index contributed by atoms with van der Waals surface area (Å²) in [6.07, 6.45) is 6.61. The van der Waals surface area contributed by atoms with Gasteiger partial charge in [0.2, 0.25) is 0 Å². The number of rotatable bonds is 10. The number of carbonyl (C=O) groups is 4. The molecule has 1 unspecified atom stereocenters. The fraction of sp³-hybridized carbons (Fsp3) is 0.355. The topological polar surface area (TPSA) is 129 Å². The predicted molar refractivity (Wildman–Crippen MR) is 148 cm³/mol. The van der Waals surface area contributed by atoms with Gasteiger partial charge in [-0.1, -0.05) is 83.0 Å². The number of carboxylic acid groups (broad SMARTS) is 2. The van der Waals surface area contributed by atoms with Gasteiger partial charge < -0.3 is 15.3 Å². The minimum absolute atomic E-state index is 0.0380. The van der Waals surface area contributed by atoms with Crippen LogP contribution in [0.2, 0.25) is 0 Å². The first-order valence-electron chi connectivity index (χ1n) is 12.7. The molecule has 0 heterocycles. The SMILES string of the molecule is C=C(C)C(=O)O.C=CC(=O)O.CCCCC(CC)Cc1c(CCO)ccc2c1C(=O)c1ccccc1C2=O. The van der Waals surface area contributed by atoms with Crippen LogP contribution in [0.25, 0.3) is 0 Å². The Hall–Kier alpha value is -3.84. The molecule has 0 bridgehead atoms. The number of ketones is 2. The monoisotopic (exact) mass is 522 g/mol. The number of fused-ring (bicyclic) bond motifs is 2. The Morgan fingerprint density at radius 3 is 1.97 bits per heavy atom. The molecule has 0 saturated carbocycles. The molecule has 38 heavy (non-hydrogen) atoms. The third-order valence-electron chi connectivity index (χ3n) is 6.25. The first-order chi connectivity index (χ1) is 18.0. The minimum Gasteiger partial charge on any atom is -0.478 e. The van der Waals surface area contributed by atoms with E-state index in [9.17, 15) is 24.3 Å². The average Bonchev–Trinajstić information content (AvgIpc) is 2.90. The Labute approximate surface area is 224 Å². The van der Waals surface area contributed by atoms with Gasteiger partial charge in [0, 0.05) is 40.5 Å². The summed E-state index contributed by atoms with van der Waals surface area (Å²) in [6, 6.07) is 10.8. The maximum Gasteiger partial charge on any atom is 0.330 e. The zero-order valence-corrected chi connectivity index (χ0v) is 22.5. The lowest BCUT2D eigenvalue weighted by Crippen LogP contribution is -2.24. The van der Waals surface area contributed by atoms with Gasteiger partial charge in [-0.2, -0.15) is 0 Å². The highest BCUT2D eigenvalue weighted by Gasteiger charge is 2.32. The van der Waals surface area contributed by atoms with Crippen molar-refractivity contribution in [2.24, 2.45) is 5.92 Å². The van der Waals surface area contributed by atoms with Crippen LogP contribution in [-0.2, 0) is 22.4 Å². The summed E-state index contributed by atoms with van der Waals surface area (Å²) >= 11 is 0. The normalized spacial score (nSPS) is 12.0. The highest BCUT2D eigenvalue weighted by atomic mass is 16.4. The molecule has 1 aliphatic rings. The molecule has 7 heteroatoms. The van der Waals surface area contributed by atoms with Gasteiger partial charge in [0.1, 0.15) is 0 Å². The van der Waals surface area contributed by atoms with Crippen molar-refractivity contribution in [3.8, 4) is 0 Å². The zero-order chi connectivity index (χ0) is 28.8. The molecule has 7 nitrogen and oxygen atoms in total. The molecule has 0 spiro atoms. The molecule has 0 fully saturated rings. The van der Waals surface area contributed by atoms with Crippen molar-refractivity contribution in [3.05, 3.63) is 94.6 Å². The molecule has 3 N–H and O–H groups in total. The second-order valence-corrected chi connectivity index (χ2v) is 9.05. The predicted octanol–water partition coefficient (Wildman–Crippen LogP) is 5.66. The van der Waals surface area contributed by atoms with Crippen molar-refractivity contribution in [2.75, 3.05) is 6.61 Å². The summed E-state index contributed by atoms with van der Waals surface area (Å²) in [6.45, 7) is 12.0. The summed E-state index contributed by atoms with van der Waals surface area (Å²) in [4.78, 5) is 45.2. The molecule has 204 valence electrons. The van der Waals surface area contributed by atoms with Crippen LogP contribution >= 0.6 is 0 Å². The third kappa shape index (κ3) is 8.92. The van der Waals surface area contributed by atoms with Crippen LogP contribution in [0.1, 0.15) is 89.4 Å². The van der Waals surface area contributed by atoms with Crippen molar-refractivity contribution < 1.29 is 34.5 Å². The maximum atomic E-state index is 13.3. The summed E-state index contributed by atoms with van der Waals surface area (Å²) in [5, 5.41) is 25.0. The third-order valence-corrected chi connectivity index (χ3v) is 6.25. The van der Waals surface area contributed by atoms with Crippen LogP contribution < -0.4 is 0 Å². The number of unbranched alkanes of at least 4 members (excludes halogenated alkanes) is 1. The second-order valence-electron chi connectivity index (χ2n) is 9.05. The molecule has 2 aromatic carbocycles. The molecule has 0 amide bonds. The maximum absolute atomic E-state index is 13.3. The van der Waals surface area contributed by atoms with Gasteiger partial charge in [0.15, 0.2) is 11.6 Å². The molecule has 0 aromatic heterocycles. The van der Waals surface area contributed by atoms with Crippen LogP contribution in [0.5, 0.6) is 0 Å². The molecule has 3 rings (SSSR count). The van der Waals surface area contributed by atoms with E-state index in [1.54, 1.807) is 24.3 Å². The Morgan fingerprint density at radius 1 is 0.974 bits per heavy atom. The van der Waals surface area contributed by atoms with Crippen molar-refractivity contribution >= 4 is 23.5 Å². The Bertz CT molecular complexity index is 1160. The van der Waals surface area contributed by atoms with E-state index in [1.165, 1.54) is 13.3 Å². The van der Waals surface area contributed by atoms with E-state index in [0.717, 1.165) is 42.9 Å². The van der Waals surface area contributed by atoms with E-state index in [0.29, 0.717) is 34.6 Å². The molecular formula is C31H38O7.